The molecule has 0 aliphatic carbocycles. The molecular formula is C24H21N3O7. The third kappa shape index (κ3) is 4.45. The Morgan fingerprint density at radius 2 is 1.79 bits per heavy atom. The van der Waals surface area contributed by atoms with E-state index in [0.29, 0.717) is 11.5 Å². The number of nitrogens with zero attached hydrogens (tertiary/aromatic N) is 3. The fourth-order valence-electron chi connectivity index (χ4n) is 3.59. The third-order valence-corrected chi connectivity index (χ3v) is 5.44. The molecule has 0 saturated carbocycles. The van der Waals surface area contributed by atoms with Crippen LogP contribution >= 0.6 is 0 Å². The highest BCUT2D eigenvalue weighted by molar-refractivity contribution is 6.11. The van der Waals surface area contributed by atoms with Crippen LogP contribution in [0, 0.1) is 28.4 Å². The second-order valence-corrected chi connectivity index (χ2v) is 7.34. The summed E-state index contributed by atoms with van der Waals surface area (Å²) in [5.74, 6) is -0.219. The molecule has 3 aromatic rings. The first-order valence-electron chi connectivity index (χ1n) is 10.1. The smallest absolute Gasteiger partial charge is 0.271 e. The number of nitro groups is 1. The van der Waals surface area contributed by atoms with Crippen molar-refractivity contribution in [3.8, 4) is 23.4 Å². The summed E-state index contributed by atoms with van der Waals surface area (Å²) >= 11 is 0. The van der Waals surface area contributed by atoms with E-state index in [1.54, 1.807) is 18.2 Å². The molecule has 1 heterocycles. The number of benzene rings is 2. The number of nitriles is 1. The summed E-state index contributed by atoms with van der Waals surface area (Å²) in [5, 5.41) is 31.3. The Hall–Kier alpha value is -4.65. The SMILES string of the molecule is COc1ccc(CCn2c(O)c(C(=O)c3ccc([N+](=O)[O-])cc3)c(C)c(C#N)c2=O)cc1OC. The number of aryl methyl sites for hydroxylation is 1. The van der Waals surface area contributed by atoms with E-state index in [2.05, 4.69) is 0 Å². The summed E-state index contributed by atoms with van der Waals surface area (Å²) in [6.45, 7) is 1.38. The summed E-state index contributed by atoms with van der Waals surface area (Å²) in [4.78, 5) is 36.3. The second kappa shape index (κ2) is 9.87. The monoisotopic (exact) mass is 463 g/mol. The van der Waals surface area contributed by atoms with Gasteiger partial charge in [0.25, 0.3) is 11.2 Å². The predicted octanol–water partition coefficient (Wildman–Crippen LogP) is 3.13. The topological polar surface area (TPSA) is 145 Å². The summed E-state index contributed by atoms with van der Waals surface area (Å²) in [5.41, 5.74) is -0.527. The van der Waals surface area contributed by atoms with E-state index in [1.165, 1.54) is 33.3 Å². The molecule has 0 bridgehead atoms. The van der Waals surface area contributed by atoms with Crippen molar-refractivity contribution in [2.45, 2.75) is 19.9 Å². The molecule has 174 valence electrons. The number of carbonyl (C=O) groups is 1. The average molecular weight is 463 g/mol. The van der Waals surface area contributed by atoms with Crippen molar-refractivity contribution < 1.29 is 24.3 Å². The highest BCUT2D eigenvalue weighted by atomic mass is 16.6. The van der Waals surface area contributed by atoms with Crippen LogP contribution in [0.5, 0.6) is 17.4 Å². The van der Waals surface area contributed by atoms with E-state index in [0.717, 1.165) is 22.3 Å². The number of aromatic hydroxyl groups is 1. The Balaban J connectivity index is 2.03. The van der Waals surface area contributed by atoms with Gasteiger partial charge in [-0.1, -0.05) is 6.07 Å². The van der Waals surface area contributed by atoms with Crippen LogP contribution in [0.15, 0.2) is 47.3 Å². The number of carbonyl (C=O) groups excluding carboxylic acids is 1. The minimum Gasteiger partial charge on any atom is -0.494 e. The maximum atomic E-state index is 13.1. The summed E-state index contributed by atoms with van der Waals surface area (Å²) < 4.78 is 11.5. The van der Waals surface area contributed by atoms with Crippen LogP contribution < -0.4 is 15.0 Å². The van der Waals surface area contributed by atoms with Crippen LogP contribution in [-0.4, -0.2) is 34.6 Å². The van der Waals surface area contributed by atoms with Gasteiger partial charge >= 0.3 is 0 Å². The molecule has 0 spiro atoms. The van der Waals surface area contributed by atoms with Gasteiger partial charge in [-0.15, -0.1) is 0 Å². The van der Waals surface area contributed by atoms with Gasteiger partial charge in [0.1, 0.15) is 11.6 Å². The van der Waals surface area contributed by atoms with Gasteiger partial charge in [0.2, 0.25) is 5.88 Å². The lowest BCUT2D eigenvalue weighted by atomic mass is 9.97. The number of methoxy groups -OCH3 is 2. The van der Waals surface area contributed by atoms with Crippen LogP contribution in [0.4, 0.5) is 5.69 Å². The number of ketones is 1. The molecule has 10 nitrogen and oxygen atoms in total. The number of ether oxygens (including phenoxy) is 2. The fraction of sp³-hybridized carbons (Fsp3) is 0.208. The molecule has 0 unspecified atom stereocenters. The lowest BCUT2D eigenvalue weighted by molar-refractivity contribution is -0.384. The molecular weight excluding hydrogens is 442 g/mol. The van der Waals surface area contributed by atoms with Gasteiger partial charge in [-0.2, -0.15) is 5.26 Å². The average Bonchev–Trinajstić information content (AvgIpc) is 2.83. The third-order valence-electron chi connectivity index (χ3n) is 5.44. The van der Waals surface area contributed by atoms with Gasteiger partial charge in [0.15, 0.2) is 17.3 Å². The van der Waals surface area contributed by atoms with Gasteiger partial charge in [0.05, 0.1) is 24.7 Å². The van der Waals surface area contributed by atoms with Crippen molar-refractivity contribution in [1.82, 2.24) is 4.57 Å². The first-order valence-corrected chi connectivity index (χ1v) is 10.1. The van der Waals surface area contributed by atoms with E-state index in [4.69, 9.17) is 9.47 Å². The molecule has 0 saturated heterocycles. The molecule has 0 radical (unpaired) electrons. The van der Waals surface area contributed by atoms with E-state index in [-0.39, 0.29) is 40.9 Å². The highest BCUT2D eigenvalue weighted by Crippen LogP contribution is 2.29. The van der Waals surface area contributed by atoms with Crippen molar-refractivity contribution in [1.29, 1.82) is 5.26 Å². The van der Waals surface area contributed by atoms with Crippen LogP contribution in [0.1, 0.15) is 32.6 Å². The van der Waals surface area contributed by atoms with Crippen LogP contribution in [0.3, 0.4) is 0 Å². The van der Waals surface area contributed by atoms with Gasteiger partial charge in [-0.25, -0.2) is 0 Å². The quantitative estimate of drug-likeness (QED) is 0.305. The van der Waals surface area contributed by atoms with Crippen molar-refractivity contribution in [3.05, 3.63) is 90.7 Å². The number of rotatable bonds is 8. The number of hydrogen-bond acceptors (Lipinski definition) is 8. The first kappa shape index (κ1) is 24.0. The molecule has 1 N–H and O–H groups in total. The largest absolute Gasteiger partial charge is 0.494 e. The Morgan fingerprint density at radius 1 is 1.15 bits per heavy atom. The zero-order valence-electron chi connectivity index (χ0n) is 18.7. The summed E-state index contributed by atoms with van der Waals surface area (Å²) in [6, 6.07) is 11.8. The maximum Gasteiger partial charge on any atom is 0.271 e. The number of aromatic nitrogens is 1. The summed E-state index contributed by atoms with van der Waals surface area (Å²) in [7, 11) is 3.00. The van der Waals surface area contributed by atoms with Crippen molar-refractivity contribution >= 4 is 11.5 Å². The van der Waals surface area contributed by atoms with Gasteiger partial charge < -0.3 is 14.6 Å². The van der Waals surface area contributed by atoms with Crippen LogP contribution in [0.2, 0.25) is 0 Å². The van der Waals surface area contributed by atoms with Crippen LogP contribution in [-0.2, 0) is 13.0 Å². The number of nitro benzene ring substituents is 1. The highest BCUT2D eigenvalue weighted by Gasteiger charge is 2.25. The van der Waals surface area contributed by atoms with E-state index in [9.17, 15) is 30.1 Å². The molecule has 3 rings (SSSR count). The minimum absolute atomic E-state index is 0.0182. The molecule has 0 atom stereocenters. The first-order chi connectivity index (χ1) is 16.2. The minimum atomic E-state index is -0.724. The number of pyridine rings is 1. The Labute approximate surface area is 194 Å². The van der Waals surface area contributed by atoms with Crippen LogP contribution in [0.25, 0.3) is 0 Å². The molecule has 10 heteroatoms. The maximum absolute atomic E-state index is 13.1. The lowest BCUT2D eigenvalue weighted by Gasteiger charge is -2.16. The standard InChI is InChI=1S/C24H21N3O7/c1-14-18(13-25)23(29)26(11-10-15-4-9-19(33-2)20(12-15)34-3)24(30)21(14)22(28)16-5-7-17(8-6-16)27(31)32/h4-9,12,30H,10-11H2,1-3H3. The molecule has 34 heavy (non-hydrogen) atoms. The van der Waals surface area contributed by atoms with Gasteiger partial charge in [-0.05, 0) is 48.7 Å². The predicted molar refractivity (Wildman–Crippen MR) is 122 cm³/mol. The molecule has 0 aliphatic heterocycles. The van der Waals surface area contributed by atoms with E-state index >= 15 is 0 Å². The van der Waals surface area contributed by atoms with Crippen molar-refractivity contribution in [3.63, 3.8) is 0 Å². The lowest BCUT2D eigenvalue weighted by Crippen LogP contribution is -2.27. The van der Waals surface area contributed by atoms with Gasteiger partial charge in [0, 0.05) is 24.2 Å². The molecule has 0 amide bonds. The molecule has 0 fully saturated rings. The number of non-ortho nitro benzene ring substituents is 1. The summed E-state index contributed by atoms with van der Waals surface area (Å²) in [6.07, 6.45) is 0.285. The molecule has 1 aromatic heterocycles. The van der Waals surface area contributed by atoms with E-state index in [1.807, 2.05) is 6.07 Å². The fourth-order valence-corrected chi connectivity index (χ4v) is 3.59. The van der Waals surface area contributed by atoms with E-state index < -0.39 is 22.1 Å². The Morgan fingerprint density at radius 3 is 2.35 bits per heavy atom. The second-order valence-electron chi connectivity index (χ2n) is 7.34. The van der Waals surface area contributed by atoms with Crippen molar-refractivity contribution in [2.75, 3.05) is 14.2 Å². The van der Waals surface area contributed by atoms with Gasteiger partial charge in [-0.3, -0.25) is 24.3 Å². The zero-order valence-corrected chi connectivity index (χ0v) is 18.7. The number of hydrogen-bond donors (Lipinski definition) is 1. The Kier molecular flexibility index (Phi) is 6.97. The van der Waals surface area contributed by atoms with Crippen molar-refractivity contribution in [2.24, 2.45) is 0 Å². The zero-order chi connectivity index (χ0) is 25.0. The normalized spacial score (nSPS) is 10.4. The Bertz CT molecular complexity index is 1370. The molecule has 0 aliphatic rings. The molecule has 2 aromatic carbocycles.